The Morgan fingerprint density at radius 2 is 1.89 bits per heavy atom. The second kappa shape index (κ2) is 6.96. The van der Waals surface area contributed by atoms with E-state index in [4.69, 9.17) is 5.73 Å². The molecule has 0 spiro atoms. The fourth-order valence-corrected chi connectivity index (χ4v) is 2.45. The van der Waals surface area contributed by atoms with Crippen LogP contribution in [0.15, 0.2) is 30.3 Å². The molecule has 1 fully saturated rings. The first-order valence-corrected chi connectivity index (χ1v) is 6.82. The first kappa shape index (κ1) is 13.6. The van der Waals surface area contributed by atoms with Gasteiger partial charge in [-0.25, -0.2) is 0 Å². The van der Waals surface area contributed by atoms with Crippen molar-refractivity contribution >= 4 is 5.91 Å². The molecule has 0 unspecified atom stereocenters. The number of hydrogen-bond donors (Lipinski definition) is 2. The Kier molecular flexibility index (Phi) is 5.00. The molecule has 3 N–H and O–H groups in total. The molecule has 1 saturated carbocycles. The topological polar surface area (TPSA) is 55.1 Å². The molecule has 19 heavy (non-hydrogen) atoms. The molecule has 3 nitrogen and oxygen atoms in total. The maximum Gasteiger partial charge on any atom is 0.220 e. The van der Waals surface area contributed by atoms with Gasteiger partial charge in [0.2, 0.25) is 5.91 Å². The van der Waals surface area contributed by atoms with Gasteiger partial charge in [0.05, 0.1) is 6.54 Å². The molecule has 0 saturated heterocycles. The summed E-state index contributed by atoms with van der Waals surface area (Å²) in [5.41, 5.74) is 6.36. The molecule has 0 aliphatic heterocycles. The van der Waals surface area contributed by atoms with Crippen LogP contribution in [0.25, 0.3) is 0 Å². The first-order chi connectivity index (χ1) is 9.25. The second-order valence-corrected chi connectivity index (χ2v) is 5.00. The Hall–Kier alpha value is -1.79. The Labute approximate surface area is 114 Å². The first-order valence-electron chi connectivity index (χ1n) is 6.82. The fourth-order valence-electron chi connectivity index (χ4n) is 2.45. The lowest BCUT2D eigenvalue weighted by Crippen LogP contribution is -2.36. The van der Waals surface area contributed by atoms with Gasteiger partial charge in [-0.05, 0) is 37.8 Å². The lowest BCUT2D eigenvalue weighted by Gasteiger charge is -2.26. The van der Waals surface area contributed by atoms with Crippen molar-refractivity contribution in [3.63, 3.8) is 0 Å². The SMILES string of the molecule is NC(=O)C1CCC(NCC#Cc2ccccc2)CC1. The van der Waals surface area contributed by atoms with Crippen LogP contribution >= 0.6 is 0 Å². The smallest absolute Gasteiger partial charge is 0.220 e. The van der Waals surface area contributed by atoms with Gasteiger partial charge in [-0.15, -0.1) is 0 Å². The summed E-state index contributed by atoms with van der Waals surface area (Å²) in [6.07, 6.45) is 3.83. The largest absolute Gasteiger partial charge is 0.369 e. The minimum atomic E-state index is -0.151. The number of carbonyl (C=O) groups excluding carboxylic acids is 1. The van der Waals surface area contributed by atoms with E-state index in [9.17, 15) is 4.79 Å². The van der Waals surface area contributed by atoms with E-state index in [2.05, 4.69) is 17.2 Å². The number of hydrogen-bond acceptors (Lipinski definition) is 2. The van der Waals surface area contributed by atoms with E-state index >= 15 is 0 Å². The van der Waals surface area contributed by atoms with Gasteiger partial charge < -0.3 is 11.1 Å². The van der Waals surface area contributed by atoms with Gasteiger partial charge in [0.15, 0.2) is 0 Å². The minimum Gasteiger partial charge on any atom is -0.369 e. The number of primary amides is 1. The minimum absolute atomic E-state index is 0.0773. The molecule has 1 aromatic rings. The molecule has 100 valence electrons. The molecule has 3 heteroatoms. The highest BCUT2D eigenvalue weighted by Gasteiger charge is 2.23. The molecule has 1 aromatic carbocycles. The normalized spacial score (nSPS) is 22.3. The van der Waals surface area contributed by atoms with Gasteiger partial charge in [0.25, 0.3) is 0 Å². The van der Waals surface area contributed by atoms with E-state index < -0.39 is 0 Å². The number of amides is 1. The molecular weight excluding hydrogens is 236 g/mol. The van der Waals surface area contributed by atoms with E-state index in [1.54, 1.807) is 0 Å². The Bertz CT molecular complexity index is 465. The molecule has 1 aliphatic carbocycles. The summed E-state index contributed by atoms with van der Waals surface area (Å²) in [5.74, 6) is 6.18. The molecule has 1 amide bonds. The average molecular weight is 256 g/mol. The summed E-state index contributed by atoms with van der Waals surface area (Å²) < 4.78 is 0. The number of carbonyl (C=O) groups is 1. The van der Waals surface area contributed by atoms with E-state index in [1.165, 1.54) is 0 Å². The quantitative estimate of drug-likeness (QED) is 0.808. The van der Waals surface area contributed by atoms with E-state index in [1.807, 2.05) is 30.3 Å². The Morgan fingerprint density at radius 3 is 2.53 bits per heavy atom. The van der Waals surface area contributed by atoms with Crippen molar-refractivity contribution in [2.45, 2.75) is 31.7 Å². The molecule has 0 aromatic heterocycles. The van der Waals surface area contributed by atoms with Crippen molar-refractivity contribution in [2.75, 3.05) is 6.54 Å². The fraction of sp³-hybridized carbons (Fsp3) is 0.438. The van der Waals surface area contributed by atoms with Gasteiger partial charge in [-0.1, -0.05) is 30.0 Å². The standard InChI is InChI=1S/C16H20N2O/c17-16(19)14-8-10-15(11-9-14)18-12-4-7-13-5-2-1-3-6-13/h1-3,5-6,14-15,18H,8-12H2,(H2,17,19). The van der Waals surface area contributed by atoms with E-state index in [-0.39, 0.29) is 11.8 Å². The number of nitrogens with two attached hydrogens (primary N) is 1. The van der Waals surface area contributed by atoms with Crippen LogP contribution in [0.1, 0.15) is 31.2 Å². The molecule has 0 radical (unpaired) electrons. The van der Waals surface area contributed by atoms with E-state index in [0.717, 1.165) is 31.2 Å². The summed E-state index contributed by atoms with van der Waals surface area (Å²) in [6.45, 7) is 0.695. The predicted octanol–water partition coefficient (Wildman–Crippen LogP) is 1.67. The van der Waals surface area contributed by atoms with Crippen LogP contribution in [0.4, 0.5) is 0 Å². The van der Waals surface area contributed by atoms with Crippen molar-refractivity contribution in [1.82, 2.24) is 5.32 Å². The Balaban J connectivity index is 1.70. The van der Waals surface area contributed by atoms with Crippen LogP contribution in [-0.2, 0) is 4.79 Å². The maximum atomic E-state index is 11.1. The summed E-state index contributed by atoms with van der Waals surface area (Å²) in [5, 5.41) is 3.43. The summed E-state index contributed by atoms with van der Waals surface area (Å²) >= 11 is 0. The van der Waals surface area contributed by atoms with Crippen molar-refractivity contribution < 1.29 is 4.79 Å². The molecule has 0 bridgehead atoms. The summed E-state index contributed by atoms with van der Waals surface area (Å²) in [6, 6.07) is 10.4. The van der Waals surface area contributed by atoms with Crippen LogP contribution < -0.4 is 11.1 Å². The van der Waals surface area contributed by atoms with Gasteiger partial charge in [-0.3, -0.25) is 4.79 Å². The molecule has 2 rings (SSSR count). The zero-order valence-electron chi connectivity index (χ0n) is 11.1. The van der Waals surface area contributed by atoms with Gasteiger partial charge in [0, 0.05) is 17.5 Å². The molecule has 1 aliphatic rings. The molecule has 0 atom stereocenters. The monoisotopic (exact) mass is 256 g/mol. The van der Waals surface area contributed by atoms with E-state index in [0.29, 0.717) is 12.6 Å². The average Bonchev–Trinajstić information content (AvgIpc) is 2.45. The van der Waals surface area contributed by atoms with Crippen molar-refractivity contribution in [3.8, 4) is 11.8 Å². The predicted molar refractivity (Wildman–Crippen MR) is 76.3 cm³/mol. The van der Waals surface area contributed by atoms with Crippen LogP contribution in [0.5, 0.6) is 0 Å². The van der Waals surface area contributed by atoms with Crippen LogP contribution in [0, 0.1) is 17.8 Å². The number of nitrogens with one attached hydrogen (secondary N) is 1. The highest BCUT2D eigenvalue weighted by Crippen LogP contribution is 2.23. The van der Waals surface area contributed by atoms with Crippen LogP contribution in [0.2, 0.25) is 0 Å². The molecule has 0 heterocycles. The highest BCUT2D eigenvalue weighted by atomic mass is 16.1. The molecular formula is C16H20N2O. The van der Waals surface area contributed by atoms with Crippen molar-refractivity contribution in [2.24, 2.45) is 11.7 Å². The third-order valence-corrected chi connectivity index (χ3v) is 3.62. The van der Waals surface area contributed by atoms with Crippen molar-refractivity contribution in [1.29, 1.82) is 0 Å². The third-order valence-electron chi connectivity index (χ3n) is 3.62. The maximum absolute atomic E-state index is 11.1. The second-order valence-electron chi connectivity index (χ2n) is 5.00. The third kappa shape index (κ3) is 4.42. The Morgan fingerprint density at radius 1 is 1.21 bits per heavy atom. The van der Waals surface area contributed by atoms with Crippen molar-refractivity contribution in [3.05, 3.63) is 35.9 Å². The van der Waals surface area contributed by atoms with Gasteiger partial charge >= 0.3 is 0 Å². The summed E-state index contributed by atoms with van der Waals surface area (Å²) in [4.78, 5) is 11.1. The highest BCUT2D eigenvalue weighted by molar-refractivity contribution is 5.76. The van der Waals surface area contributed by atoms with Crippen LogP contribution in [-0.4, -0.2) is 18.5 Å². The number of rotatable bonds is 3. The van der Waals surface area contributed by atoms with Gasteiger partial charge in [0.1, 0.15) is 0 Å². The van der Waals surface area contributed by atoms with Crippen LogP contribution in [0.3, 0.4) is 0 Å². The lowest BCUT2D eigenvalue weighted by atomic mass is 9.85. The lowest BCUT2D eigenvalue weighted by molar-refractivity contribution is -0.122. The number of benzene rings is 1. The zero-order chi connectivity index (χ0) is 13.5. The zero-order valence-corrected chi connectivity index (χ0v) is 11.1. The summed E-state index contributed by atoms with van der Waals surface area (Å²) in [7, 11) is 0. The van der Waals surface area contributed by atoms with Gasteiger partial charge in [-0.2, -0.15) is 0 Å².